The lowest BCUT2D eigenvalue weighted by Crippen LogP contribution is -2.29. The van der Waals surface area contributed by atoms with E-state index in [2.05, 4.69) is 10.6 Å². The van der Waals surface area contributed by atoms with Gasteiger partial charge in [-0.1, -0.05) is 40.9 Å². The summed E-state index contributed by atoms with van der Waals surface area (Å²) in [6.45, 7) is 1.74. The summed E-state index contributed by atoms with van der Waals surface area (Å²) in [6.07, 6.45) is 0. The fraction of sp³-hybridized carbons (Fsp3) is 0.0667. The summed E-state index contributed by atoms with van der Waals surface area (Å²) >= 11 is 17.7. The molecular weight excluding hydrogens is 347 g/mol. The van der Waals surface area contributed by atoms with Crippen LogP contribution < -0.4 is 10.6 Å². The van der Waals surface area contributed by atoms with E-state index < -0.39 is 11.8 Å². The van der Waals surface area contributed by atoms with Crippen LogP contribution in [0.5, 0.6) is 0 Å². The van der Waals surface area contributed by atoms with Gasteiger partial charge in [0.25, 0.3) is 0 Å². The maximum absolute atomic E-state index is 11.9. The van der Waals surface area contributed by atoms with Gasteiger partial charge in [-0.15, -0.1) is 0 Å². The molecule has 2 amide bonds. The zero-order valence-corrected chi connectivity index (χ0v) is 13.7. The highest BCUT2D eigenvalue weighted by molar-refractivity contribution is 6.45. The highest BCUT2D eigenvalue weighted by atomic mass is 35.5. The molecule has 22 heavy (non-hydrogen) atoms. The van der Waals surface area contributed by atoms with Gasteiger partial charge in [0, 0.05) is 15.7 Å². The number of carbonyl (C=O) groups excluding carboxylic acids is 2. The highest BCUT2D eigenvalue weighted by Crippen LogP contribution is 2.26. The molecule has 0 atom stereocenters. The Kier molecular flexibility index (Phi) is 5.29. The van der Waals surface area contributed by atoms with E-state index in [1.807, 2.05) is 0 Å². The lowest BCUT2D eigenvalue weighted by Gasteiger charge is -2.10. The van der Waals surface area contributed by atoms with E-state index in [-0.39, 0.29) is 5.02 Å². The molecule has 0 bridgehead atoms. The van der Waals surface area contributed by atoms with Gasteiger partial charge in [0.15, 0.2) is 0 Å². The average Bonchev–Trinajstić information content (AvgIpc) is 2.46. The smallest absolute Gasteiger partial charge is 0.314 e. The third kappa shape index (κ3) is 3.91. The SMILES string of the molecule is Cc1c(Cl)cccc1NC(=O)C(=O)Nc1ccc(Cl)cc1Cl. The summed E-state index contributed by atoms with van der Waals surface area (Å²) in [7, 11) is 0. The molecule has 0 unspecified atom stereocenters. The van der Waals surface area contributed by atoms with Crippen molar-refractivity contribution in [3.8, 4) is 0 Å². The van der Waals surface area contributed by atoms with Gasteiger partial charge in [-0.2, -0.15) is 0 Å². The molecule has 0 radical (unpaired) electrons. The Hall–Kier alpha value is -1.75. The molecule has 2 N–H and O–H groups in total. The summed E-state index contributed by atoms with van der Waals surface area (Å²) in [5, 5.41) is 6.09. The Morgan fingerprint density at radius 1 is 0.864 bits per heavy atom. The molecule has 4 nitrogen and oxygen atoms in total. The molecule has 2 rings (SSSR count). The number of halogens is 3. The van der Waals surface area contributed by atoms with Gasteiger partial charge >= 0.3 is 11.8 Å². The molecule has 114 valence electrons. The van der Waals surface area contributed by atoms with E-state index >= 15 is 0 Å². The summed E-state index contributed by atoms with van der Waals surface area (Å²) in [4.78, 5) is 23.8. The minimum Gasteiger partial charge on any atom is -0.317 e. The van der Waals surface area contributed by atoms with Crippen LogP contribution in [-0.2, 0) is 9.59 Å². The fourth-order valence-electron chi connectivity index (χ4n) is 1.69. The predicted molar refractivity (Wildman–Crippen MR) is 89.9 cm³/mol. The molecule has 7 heteroatoms. The van der Waals surface area contributed by atoms with Crippen molar-refractivity contribution in [1.82, 2.24) is 0 Å². The first-order valence-electron chi connectivity index (χ1n) is 6.21. The molecule has 0 aliphatic rings. The van der Waals surface area contributed by atoms with E-state index in [1.165, 1.54) is 12.1 Å². The van der Waals surface area contributed by atoms with Crippen LogP contribution in [0.1, 0.15) is 5.56 Å². The van der Waals surface area contributed by atoms with Crippen LogP contribution in [-0.4, -0.2) is 11.8 Å². The molecule has 0 aliphatic heterocycles. The van der Waals surface area contributed by atoms with Crippen molar-refractivity contribution in [2.24, 2.45) is 0 Å². The van der Waals surface area contributed by atoms with Gasteiger partial charge in [0.2, 0.25) is 0 Å². The van der Waals surface area contributed by atoms with Crippen LogP contribution in [0.4, 0.5) is 11.4 Å². The minimum absolute atomic E-state index is 0.243. The van der Waals surface area contributed by atoms with E-state index in [4.69, 9.17) is 34.8 Å². The molecule has 0 aromatic heterocycles. The number of amides is 2. The third-order valence-electron chi connectivity index (χ3n) is 2.90. The standard InChI is InChI=1S/C15H11Cl3N2O2/c1-8-10(17)3-2-4-12(8)19-14(21)15(22)20-13-6-5-9(16)7-11(13)18/h2-7H,1H3,(H,19,21)(H,20,22). The zero-order valence-electron chi connectivity index (χ0n) is 11.4. The third-order valence-corrected chi connectivity index (χ3v) is 3.86. The molecule has 2 aromatic rings. The maximum Gasteiger partial charge on any atom is 0.314 e. The van der Waals surface area contributed by atoms with E-state index in [1.54, 1.807) is 31.2 Å². The van der Waals surface area contributed by atoms with Crippen molar-refractivity contribution in [3.05, 3.63) is 57.0 Å². The number of hydrogen-bond donors (Lipinski definition) is 2. The van der Waals surface area contributed by atoms with E-state index in [0.29, 0.717) is 27.0 Å². The Labute approximate surface area is 142 Å². The number of rotatable bonds is 2. The molecule has 0 spiro atoms. The van der Waals surface area contributed by atoms with Crippen molar-refractivity contribution >= 4 is 58.0 Å². The first-order valence-corrected chi connectivity index (χ1v) is 7.34. The first kappa shape index (κ1) is 16.6. The number of carbonyl (C=O) groups is 2. The second-order valence-corrected chi connectivity index (χ2v) is 5.70. The summed E-state index contributed by atoms with van der Waals surface area (Å²) in [5.74, 6) is -1.67. The molecule has 0 saturated heterocycles. The van der Waals surface area contributed by atoms with Crippen LogP contribution in [0.2, 0.25) is 15.1 Å². The topological polar surface area (TPSA) is 58.2 Å². The Balaban J connectivity index is 2.09. The zero-order chi connectivity index (χ0) is 16.3. The monoisotopic (exact) mass is 356 g/mol. The van der Waals surface area contributed by atoms with Gasteiger partial charge in [-0.25, -0.2) is 0 Å². The van der Waals surface area contributed by atoms with Crippen LogP contribution in [0.3, 0.4) is 0 Å². The van der Waals surface area contributed by atoms with Crippen molar-refractivity contribution < 1.29 is 9.59 Å². The minimum atomic E-state index is -0.844. The molecule has 0 aliphatic carbocycles. The molecule has 2 aromatic carbocycles. The Bertz CT molecular complexity index is 748. The normalized spacial score (nSPS) is 10.2. The Morgan fingerprint density at radius 2 is 1.50 bits per heavy atom. The van der Waals surface area contributed by atoms with Gasteiger partial charge < -0.3 is 10.6 Å². The van der Waals surface area contributed by atoms with Crippen LogP contribution in [0.25, 0.3) is 0 Å². The second-order valence-electron chi connectivity index (χ2n) is 4.44. The lowest BCUT2D eigenvalue weighted by atomic mass is 10.2. The highest BCUT2D eigenvalue weighted by Gasteiger charge is 2.16. The lowest BCUT2D eigenvalue weighted by molar-refractivity contribution is -0.133. The quantitative estimate of drug-likeness (QED) is 0.776. The van der Waals surface area contributed by atoms with Crippen molar-refractivity contribution in [2.75, 3.05) is 10.6 Å². The van der Waals surface area contributed by atoms with Crippen LogP contribution in [0.15, 0.2) is 36.4 Å². The maximum atomic E-state index is 11.9. The first-order chi connectivity index (χ1) is 10.4. The summed E-state index contributed by atoms with van der Waals surface area (Å²) < 4.78 is 0. The largest absolute Gasteiger partial charge is 0.317 e. The molecule has 0 fully saturated rings. The van der Waals surface area contributed by atoms with Crippen molar-refractivity contribution in [1.29, 1.82) is 0 Å². The summed E-state index contributed by atoms with van der Waals surface area (Å²) in [5.41, 5.74) is 1.44. The number of benzene rings is 2. The number of anilines is 2. The van der Waals surface area contributed by atoms with Crippen molar-refractivity contribution in [3.63, 3.8) is 0 Å². The molecule has 0 saturated carbocycles. The molecule has 0 heterocycles. The molecular formula is C15H11Cl3N2O2. The van der Waals surface area contributed by atoms with Gasteiger partial charge in [0.1, 0.15) is 0 Å². The Morgan fingerprint density at radius 3 is 2.14 bits per heavy atom. The van der Waals surface area contributed by atoms with E-state index in [0.717, 1.165) is 0 Å². The van der Waals surface area contributed by atoms with Gasteiger partial charge in [-0.05, 0) is 42.8 Å². The van der Waals surface area contributed by atoms with Crippen LogP contribution in [0, 0.1) is 6.92 Å². The average molecular weight is 358 g/mol. The van der Waals surface area contributed by atoms with Gasteiger partial charge in [-0.3, -0.25) is 9.59 Å². The number of nitrogens with one attached hydrogen (secondary N) is 2. The predicted octanol–water partition coefficient (Wildman–Crippen LogP) is 4.53. The van der Waals surface area contributed by atoms with Crippen molar-refractivity contribution in [2.45, 2.75) is 6.92 Å². The number of hydrogen-bond acceptors (Lipinski definition) is 2. The van der Waals surface area contributed by atoms with Gasteiger partial charge in [0.05, 0.1) is 10.7 Å². The second kappa shape index (κ2) is 7.01. The fourth-order valence-corrected chi connectivity index (χ4v) is 2.32. The van der Waals surface area contributed by atoms with Crippen LogP contribution >= 0.6 is 34.8 Å². The van der Waals surface area contributed by atoms with E-state index in [9.17, 15) is 9.59 Å². The summed E-state index contributed by atoms with van der Waals surface area (Å²) in [6, 6.07) is 9.57.